The fourth-order valence-electron chi connectivity index (χ4n) is 8.87. The first-order chi connectivity index (χ1) is 29.9. The average Bonchev–Trinajstić information content (AvgIpc) is 3.29. The first-order valence-corrected chi connectivity index (χ1v) is 22.7. The van der Waals surface area contributed by atoms with Crippen LogP contribution in [0.1, 0.15) is 156 Å². The number of piperidine rings is 2. The molecule has 2 amide bonds. The van der Waals surface area contributed by atoms with E-state index in [0.717, 1.165) is 22.3 Å². The monoisotopic (exact) mass is 899 g/mol. The Balaban J connectivity index is 1.77. The molecule has 0 N–H and O–H groups in total. The molecule has 0 radical (unpaired) electrons. The van der Waals surface area contributed by atoms with Gasteiger partial charge in [0.25, 0.3) is 11.8 Å². The van der Waals surface area contributed by atoms with Crippen LogP contribution >= 0.6 is 0 Å². The lowest BCUT2D eigenvalue weighted by Gasteiger charge is -2.59. The van der Waals surface area contributed by atoms with Crippen molar-refractivity contribution in [2.75, 3.05) is 13.1 Å². The van der Waals surface area contributed by atoms with Crippen LogP contribution in [0.5, 0.6) is 0 Å². The van der Waals surface area contributed by atoms with Crippen molar-refractivity contribution < 1.29 is 57.6 Å². The van der Waals surface area contributed by atoms with Crippen molar-refractivity contribution >= 4 is 35.7 Å². The predicted octanol–water partition coefficient (Wildman–Crippen LogP) is 7.72. The van der Waals surface area contributed by atoms with Crippen LogP contribution in [0.2, 0.25) is 0 Å². The van der Waals surface area contributed by atoms with Gasteiger partial charge in [-0.05, 0) is 105 Å². The Morgan fingerprint density at radius 1 is 0.625 bits per heavy atom. The van der Waals surface area contributed by atoms with Crippen molar-refractivity contribution in [2.45, 2.75) is 182 Å². The lowest BCUT2D eigenvalue weighted by atomic mass is 9.69. The highest BCUT2D eigenvalue weighted by Crippen LogP contribution is 2.49. The van der Waals surface area contributed by atoms with Gasteiger partial charge in [0, 0.05) is 59.0 Å². The Bertz CT molecular complexity index is 1730. The minimum absolute atomic E-state index is 0.119. The number of hydroxylamine groups is 8. The Morgan fingerprint density at radius 3 is 1.19 bits per heavy atom. The van der Waals surface area contributed by atoms with Crippen molar-refractivity contribution in [3.63, 3.8) is 0 Å². The normalized spacial score (nSPS) is 29.3. The number of amides is 2. The van der Waals surface area contributed by atoms with Crippen molar-refractivity contribution in [3.05, 3.63) is 60.7 Å². The number of ether oxygens (including phenoxy) is 2. The zero-order chi connectivity index (χ0) is 48.5. The van der Waals surface area contributed by atoms with Gasteiger partial charge in [-0.3, -0.25) is 19.3 Å². The van der Waals surface area contributed by atoms with Crippen LogP contribution in [-0.2, 0) is 48.0 Å². The molecule has 2 saturated heterocycles. The van der Waals surface area contributed by atoms with E-state index in [1.165, 1.54) is 0 Å². The molecule has 16 nitrogen and oxygen atoms in total. The Labute approximate surface area is 380 Å². The maximum atomic E-state index is 13.8. The van der Waals surface area contributed by atoms with Gasteiger partial charge in [-0.15, -0.1) is 0 Å². The average molecular weight is 899 g/mol. The third-order valence-electron chi connectivity index (χ3n) is 14.1. The summed E-state index contributed by atoms with van der Waals surface area (Å²) in [5.74, 6) is -4.11. The van der Waals surface area contributed by atoms with Crippen molar-refractivity contribution in [1.29, 1.82) is 0 Å². The molecule has 0 saturated carbocycles. The summed E-state index contributed by atoms with van der Waals surface area (Å²) >= 11 is 0. The third-order valence-corrected chi connectivity index (χ3v) is 14.1. The molecule has 3 rings (SSSR count). The van der Waals surface area contributed by atoms with Gasteiger partial charge in [-0.25, -0.2) is 19.2 Å². The second-order valence-corrected chi connectivity index (χ2v) is 18.0. The van der Waals surface area contributed by atoms with Gasteiger partial charge in [-0.2, -0.15) is 20.3 Å². The summed E-state index contributed by atoms with van der Waals surface area (Å²) in [7, 11) is 0. The van der Waals surface area contributed by atoms with Crippen LogP contribution in [0.4, 0.5) is 0 Å². The highest BCUT2D eigenvalue weighted by Gasteiger charge is 2.57. The summed E-state index contributed by atoms with van der Waals surface area (Å²) in [6, 6.07) is 6.23. The van der Waals surface area contributed by atoms with Crippen molar-refractivity contribution in [2.24, 2.45) is 11.8 Å². The van der Waals surface area contributed by atoms with Crippen LogP contribution in [0.15, 0.2) is 49.6 Å². The Morgan fingerprint density at radius 2 is 0.938 bits per heavy atom. The second-order valence-electron chi connectivity index (χ2n) is 18.0. The van der Waals surface area contributed by atoms with Gasteiger partial charge in [0.15, 0.2) is 12.2 Å². The number of benzene rings is 1. The van der Waals surface area contributed by atoms with E-state index in [1.807, 2.05) is 79.4 Å². The van der Waals surface area contributed by atoms with Gasteiger partial charge >= 0.3 is 23.9 Å². The van der Waals surface area contributed by atoms with Gasteiger partial charge in [0.1, 0.15) is 12.2 Å². The van der Waals surface area contributed by atoms with Gasteiger partial charge in [0.05, 0.1) is 24.2 Å². The molecule has 358 valence electrons. The summed E-state index contributed by atoms with van der Waals surface area (Å²) in [5, 5.41) is 5.66. The number of hydrogen-bond donors (Lipinski definition) is 0. The van der Waals surface area contributed by atoms with E-state index in [4.69, 9.17) is 28.8 Å². The molecule has 0 spiro atoms. The van der Waals surface area contributed by atoms with E-state index < -0.39 is 82.3 Å². The van der Waals surface area contributed by atoms with Crippen LogP contribution in [0.25, 0.3) is 0 Å². The predicted molar refractivity (Wildman–Crippen MR) is 239 cm³/mol. The number of hydrogen-bond acceptors (Lipinski definition) is 14. The lowest BCUT2D eigenvalue weighted by Crippen LogP contribution is -2.69. The zero-order valence-corrected chi connectivity index (χ0v) is 40.7. The van der Waals surface area contributed by atoms with E-state index in [9.17, 15) is 28.8 Å². The van der Waals surface area contributed by atoms with Crippen LogP contribution in [0, 0.1) is 11.8 Å². The van der Waals surface area contributed by atoms with Crippen LogP contribution in [0.3, 0.4) is 0 Å². The fourth-order valence-corrected chi connectivity index (χ4v) is 8.87. The quantitative estimate of drug-likeness (QED) is 0.0797. The third kappa shape index (κ3) is 11.2. The molecule has 1 aromatic carbocycles. The van der Waals surface area contributed by atoms with Gasteiger partial charge in [0.2, 0.25) is 0 Å². The summed E-state index contributed by atoms with van der Waals surface area (Å²) in [5.41, 5.74) is -2.14. The number of carbonyl (C=O) groups is 6. The maximum absolute atomic E-state index is 13.8. The minimum Gasteiger partial charge on any atom is -0.458 e. The molecule has 0 aliphatic carbocycles. The molecule has 0 aromatic heterocycles. The minimum atomic E-state index is -0.996. The van der Waals surface area contributed by atoms with Crippen molar-refractivity contribution in [3.8, 4) is 0 Å². The summed E-state index contributed by atoms with van der Waals surface area (Å²) in [6.07, 6.45) is 2.18. The smallest absolute Gasteiger partial charge is 0.355 e. The molecule has 0 bridgehead atoms. The highest BCUT2D eigenvalue weighted by molar-refractivity contribution is 5.93. The fraction of sp³-hybridized carbons (Fsp3) is 0.667. The number of nitrogens with zero attached hydrogens (tertiary/aromatic N) is 4. The summed E-state index contributed by atoms with van der Waals surface area (Å²) in [6.45, 7) is 33.8. The van der Waals surface area contributed by atoms with Gasteiger partial charge < -0.3 is 19.1 Å². The lowest BCUT2D eigenvalue weighted by molar-refractivity contribution is -0.331. The highest BCUT2D eigenvalue weighted by atomic mass is 16.7. The van der Waals surface area contributed by atoms with Crippen molar-refractivity contribution in [1.82, 2.24) is 20.3 Å². The SMILES string of the molecule is C=CC(=O)ON(CC)C(=O)C(C)ON1C(C)(CC)CC(OC(=O)c2ccc(C(=O)OC3CC(C)(CC)N(OC(C)C(=O)N(CC)OC(=O)C=C)C(C)(CC)C3C)cc2)C(C)C1(C)CC. The van der Waals surface area contributed by atoms with E-state index in [1.54, 1.807) is 52.0 Å². The maximum Gasteiger partial charge on any atom is 0.355 e. The molecule has 2 aliphatic rings. The first-order valence-electron chi connectivity index (χ1n) is 22.7. The van der Waals surface area contributed by atoms with E-state index >= 15 is 0 Å². The van der Waals surface area contributed by atoms with Crippen LogP contribution < -0.4 is 0 Å². The standard InChI is InChI=1S/C48H74N4O12/c1-17-39(53)63-49(23-7)41(55)33(11)61-51-45(13,19-3)29-37(31(9)47(51,15)21-5)59-43(57)35-25-27-36(28-26-35)44(58)60-38-30-46(14,20-4)52(48(16,22-6)32(38)10)62-34(12)42(56)50(24-8)64-40(54)18-2/h17-18,25-28,31-34,37-38H,1-2,19-24,29-30H2,3-16H3. The molecule has 2 fully saturated rings. The molecule has 10 atom stereocenters. The molecule has 16 heteroatoms. The topological polar surface area (TPSA) is 171 Å². The number of esters is 2. The second kappa shape index (κ2) is 22.0. The Kier molecular flexibility index (Phi) is 18.5. The largest absolute Gasteiger partial charge is 0.458 e. The van der Waals surface area contributed by atoms with E-state index in [2.05, 4.69) is 13.2 Å². The van der Waals surface area contributed by atoms with Crippen LogP contribution in [-0.4, -0.2) is 116 Å². The molecule has 2 aliphatic heterocycles. The van der Waals surface area contributed by atoms with Gasteiger partial charge in [-0.1, -0.05) is 54.7 Å². The van der Waals surface area contributed by atoms with E-state index in [-0.39, 0.29) is 36.1 Å². The summed E-state index contributed by atoms with van der Waals surface area (Å²) < 4.78 is 12.5. The number of rotatable bonds is 18. The first kappa shape index (κ1) is 53.7. The Hall–Kier alpha value is -4.64. The molecule has 64 heavy (non-hydrogen) atoms. The molecular weight excluding hydrogens is 825 g/mol. The molecule has 2 heterocycles. The zero-order valence-electron chi connectivity index (χ0n) is 40.7. The molecule has 1 aromatic rings. The number of likely N-dealkylation sites (N-methyl/N-ethyl adjacent to an activating group) is 2. The van der Waals surface area contributed by atoms with E-state index in [0.29, 0.717) is 38.5 Å². The summed E-state index contributed by atoms with van der Waals surface area (Å²) in [4.78, 5) is 101. The molecular formula is C48H74N4O12. The number of carbonyl (C=O) groups excluding carboxylic acids is 6. The molecule has 10 unspecified atom stereocenters.